The van der Waals surface area contributed by atoms with Crippen molar-refractivity contribution < 1.29 is 23.0 Å². The second-order valence-corrected chi connectivity index (χ2v) is 4.45. The number of anilines is 1. The van der Waals surface area contributed by atoms with E-state index in [0.29, 0.717) is 5.69 Å². The van der Waals surface area contributed by atoms with Crippen LogP contribution in [0, 0.1) is 5.82 Å². The molecule has 0 amide bonds. The molecule has 4 unspecified atom stereocenters. The monoisotopic (exact) mass is 257 g/mol. The molecule has 2 heterocycles. The highest BCUT2D eigenvalue weighted by Gasteiger charge is 2.49. The van der Waals surface area contributed by atoms with Gasteiger partial charge in [-0.15, -0.1) is 0 Å². The van der Waals surface area contributed by atoms with Crippen LogP contribution in [0.5, 0.6) is 5.75 Å². The van der Waals surface area contributed by atoms with Gasteiger partial charge in [0.25, 0.3) is 0 Å². The van der Waals surface area contributed by atoms with Crippen molar-refractivity contribution >= 4 is 5.69 Å². The van der Waals surface area contributed by atoms with E-state index in [2.05, 4.69) is 0 Å². The lowest BCUT2D eigenvalue weighted by Crippen LogP contribution is -2.34. The number of fused-ring (bicyclic) bond motifs is 1. The van der Waals surface area contributed by atoms with Crippen LogP contribution in [0.2, 0.25) is 0 Å². The van der Waals surface area contributed by atoms with Gasteiger partial charge >= 0.3 is 0 Å². The van der Waals surface area contributed by atoms with Crippen molar-refractivity contribution in [3.8, 4) is 5.75 Å². The Morgan fingerprint density at radius 1 is 1.22 bits per heavy atom. The Hall–Kier alpha value is -1.40. The minimum absolute atomic E-state index is 0.00776. The zero-order valence-electron chi connectivity index (χ0n) is 9.51. The zero-order valence-corrected chi connectivity index (χ0v) is 9.51. The SMILES string of the molecule is Nc1ccc(F)cc1OC1COC2C(F)COC12. The van der Waals surface area contributed by atoms with Gasteiger partial charge in [-0.3, -0.25) is 0 Å². The van der Waals surface area contributed by atoms with Crippen molar-refractivity contribution in [3.05, 3.63) is 24.0 Å². The van der Waals surface area contributed by atoms with Crippen LogP contribution >= 0.6 is 0 Å². The quantitative estimate of drug-likeness (QED) is 0.811. The highest BCUT2D eigenvalue weighted by atomic mass is 19.1. The van der Waals surface area contributed by atoms with Gasteiger partial charge in [0.2, 0.25) is 0 Å². The van der Waals surface area contributed by atoms with Crippen molar-refractivity contribution in [1.82, 2.24) is 0 Å². The third-order valence-electron chi connectivity index (χ3n) is 3.20. The maximum atomic E-state index is 13.3. The lowest BCUT2D eigenvalue weighted by molar-refractivity contribution is 0.0283. The first kappa shape index (κ1) is 11.7. The Balaban J connectivity index is 1.75. The smallest absolute Gasteiger partial charge is 0.152 e. The summed E-state index contributed by atoms with van der Waals surface area (Å²) in [7, 11) is 0. The van der Waals surface area contributed by atoms with Crippen molar-refractivity contribution in [2.75, 3.05) is 18.9 Å². The van der Waals surface area contributed by atoms with Gasteiger partial charge in [-0.05, 0) is 12.1 Å². The van der Waals surface area contributed by atoms with Gasteiger partial charge in [-0.2, -0.15) is 0 Å². The molecule has 4 atom stereocenters. The summed E-state index contributed by atoms with van der Waals surface area (Å²) in [4.78, 5) is 0. The molecule has 0 aliphatic carbocycles. The molecular formula is C12H13F2NO3. The summed E-state index contributed by atoms with van der Waals surface area (Å²) in [6.45, 7) is 0.222. The van der Waals surface area contributed by atoms with Crippen LogP contribution in [0.3, 0.4) is 0 Å². The molecule has 0 saturated carbocycles. The van der Waals surface area contributed by atoms with Crippen molar-refractivity contribution in [3.63, 3.8) is 0 Å². The van der Waals surface area contributed by atoms with Crippen LogP contribution in [0.25, 0.3) is 0 Å². The molecule has 0 radical (unpaired) electrons. The fraction of sp³-hybridized carbons (Fsp3) is 0.500. The van der Waals surface area contributed by atoms with Gasteiger partial charge < -0.3 is 19.9 Å². The van der Waals surface area contributed by atoms with Crippen LogP contribution in [-0.2, 0) is 9.47 Å². The zero-order chi connectivity index (χ0) is 12.7. The van der Waals surface area contributed by atoms with E-state index in [1.165, 1.54) is 18.2 Å². The second kappa shape index (κ2) is 4.37. The second-order valence-electron chi connectivity index (χ2n) is 4.45. The lowest BCUT2D eigenvalue weighted by atomic mass is 10.1. The van der Waals surface area contributed by atoms with Gasteiger partial charge in [0.05, 0.1) is 18.9 Å². The highest BCUT2D eigenvalue weighted by molar-refractivity contribution is 5.52. The number of ether oxygens (including phenoxy) is 3. The van der Waals surface area contributed by atoms with E-state index >= 15 is 0 Å². The van der Waals surface area contributed by atoms with Gasteiger partial charge in [-0.25, -0.2) is 8.78 Å². The van der Waals surface area contributed by atoms with Crippen LogP contribution in [0.1, 0.15) is 0 Å². The number of halogens is 2. The number of hydrogen-bond acceptors (Lipinski definition) is 4. The van der Waals surface area contributed by atoms with Crippen molar-refractivity contribution in [2.45, 2.75) is 24.5 Å². The molecule has 2 aliphatic heterocycles. The van der Waals surface area contributed by atoms with Crippen LogP contribution in [0.15, 0.2) is 18.2 Å². The summed E-state index contributed by atoms with van der Waals surface area (Å²) in [5, 5.41) is 0. The average molecular weight is 257 g/mol. The van der Waals surface area contributed by atoms with E-state index in [4.69, 9.17) is 19.9 Å². The molecule has 0 bridgehead atoms. The van der Waals surface area contributed by atoms with E-state index in [1.54, 1.807) is 0 Å². The van der Waals surface area contributed by atoms with Crippen LogP contribution in [-0.4, -0.2) is 37.7 Å². The lowest BCUT2D eigenvalue weighted by Gasteiger charge is -2.18. The summed E-state index contributed by atoms with van der Waals surface area (Å²) in [6, 6.07) is 3.87. The first-order valence-electron chi connectivity index (χ1n) is 5.74. The molecule has 6 heteroatoms. The summed E-state index contributed by atoms with van der Waals surface area (Å²) in [5.41, 5.74) is 6.01. The van der Waals surface area contributed by atoms with Gasteiger partial charge in [-0.1, -0.05) is 0 Å². The predicted octanol–water partition coefficient (Wildman–Crippen LogP) is 1.29. The number of nitrogens with two attached hydrogens (primary N) is 1. The molecule has 0 spiro atoms. The molecule has 1 aromatic carbocycles. The van der Waals surface area contributed by atoms with Gasteiger partial charge in [0.15, 0.2) is 12.3 Å². The van der Waals surface area contributed by atoms with E-state index in [-0.39, 0.29) is 19.0 Å². The molecule has 2 fully saturated rings. The number of nitrogen functional groups attached to an aromatic ring is 1. The Morgan fingerprint density at radius 3 is 2.83 bits per heavy atom. The number of benzene rings is 1. The molecule has 0 aromatic heterocycles. The largest absolute Gasteiger partial charge is 0.483 e. The molecule has 98 valence electrons. The van der Waals surface area contributed by atoms with Crippen LogP contribution in [0.4, 0.5) is 14.5 Å². The fourth-order valence-electron chi connectivity index (χ4n) is 2.29. The van der Waals surface area contributed by atoms with E-state index < -0.39 is 30.3 Å². The fourth-order valence-corrected chi connectivity index (χ4v) is 2.29. The van der Waals surface area contributed by atoms with Gasteiger partial charge in [0.1, 0.15) is 23.8 Å². The molecule has 2 N–H and O–H groups in total. The normalized spacial score (nSPS) is 34.6. The highest BCUT2D eigenvalue weighted by Crippen LogP contribution is 2.33. The first-order chi connectivity index (χ1) is 8.65. The maximum absolute atomic E-state index is 13.3. The molecule has 2 saturated heterocycles. The molecule has 2 aliphatic rings. The average Bonchev–Trinajstić information content (AvgIpc) is 2.89. The molecule has 1 aromatic rings. The third-order valence-corrected chi connectivity index (χ3v) is 3.20. The summed E-state index contributed by atoms with van der Waals surface area (Å²) in [6.07, 6.45) is -2.64. The van der Waals surface area contributed by atoms with E-state index in [0.717, 1.165) is 0 Å². The number of alkyl halides is 1. The Kier molecular flexibility index (Phi) is 2.83. The number of rotatable bonds is 2. The summed E-state index contributed by atoms with van der Waals surface area (Å²) < 4.78 is 42.6. The number of hydrogen-bond donors (Lipinski definition) is 1. The standard InChI is InChI=1S/C12H13F2NO3/c13-6-1-2-8(15)9(3-6)18-10-5-17-11-7(14)4-16-12(10)11/h1-3,7,10-12H,4-5,15H2. The predicted molar refractivity (Wildman–Crippen MR) is 59.6 cm³/mol. The van der Waals surface area contributed by atoms with E-state index in [1.807, 2.05) is 0 Å². The third kappa shape index (κ3) is 1.91. The summed E-state index contributed by atoms with van der Waals surface area (Å²) >= 11 is 0. The topological polar surface area (TPSA) is 53.7 Å². The Morgan fingerprint density at radius 2 is 2.00 bits per heavy atom. The van der Waals surface area contributed by atoms with E-state index in [9.17, 15) is 8.78 Å². The molecular weight excluding hydrogens is 244 g/mol. The molecule has 18 heavy (non-hydrogen) atoms. The maximum Gasteiger partial charge on any atom is 0.152 e. The minimum Gasteiger partial charge on any atom is -0.483 e. The van der Waals surface area contributed by atoms with Crippen molar-refractivity contribution in [1.29, 1.82) is 0 Å². The first-order valence-corrected chi connectivity index (χ1v) is 5.74. The Bertz CT molecular complexity index is 457. The van der Waals surface area contributed by atoms with Crippen molar-refractivity contribution in [2.24, 2.45) is 0 Å². The minimum atomic E-state index is -1.13. The Labute approximate surface area is 103 Å². The summed E-state index contributed by atoms with van der Waals surface area (Å²) in [5.74, 6) is -0.208. The molecule has 3 rings (SSSR count). The van der Waals surface area contributed by atoms with Gasteiger partial charge in [0, 0.05) is 6.07 Å². The van der Waals surface area contributed by atoms with Crippen LogP contribution < -0.4 is 10.5 Å². The molecule has 4 nitrogen and oxygen atoms in total.